The first-order chi connectivity index (χ1) is 15.1. The number of carbonyl (C=O) groups excluding carboxylic acids is 1. The molecule has 1 N–H and O–H groups in total. The van der Waals surface area contributed by atoms with Gasteiger partial charge in [0.1, 0.15) is 18.1 Å². The summed E-state index contributed by atoms with van der Waals surface area (Å²) in [5.74, 6) is 0.588. The molecule has 4 rings (SSSR count). The third kappa shape index (κ3) is 5.19. The van der Waals surface area contributed by atoms with Crippen molar-refractivity contribution in [3.8, 4) is 11.5 Å². The van der Waals surface area contributed by atoms with Crippen molar-refractivity contribution in [2.45, 2.75) is 19.4 Å². The molecule has 2 aromatic heterocycles. The number of rotatable bonds is 8. The van der Waals surface area contributed by atoms with E-state index < -0.39 is 0 Å². The van der Waals surface area contributed by atoms with Crippen molar-refractivity contribution in [2.75, 3.05) is 12.4 Å². The number of halogens is 1. The highest BCUT2D eigenvalue weighted by Gasteiger charge is 2.10. The quantitative estimate of drug-likeness (QED) is 0.452. The van der Waals surface area contributed by atoms with Crippen molar-refractivity contribution in [1.29, 1.82) is 0 Å². The van der Waals surface area contributed by atoms with Gasteiger partial charge in [-0.25, -0.2) is 9.37 Å². The van der Waals surface area contributed by atoms with Gasteiger partial charge in [-0.15, -0.1) is 0 Å². The third-order valence-corrected chi connectivity index (χ3v) is 4.77. The molecule has 0 spiro atoms. The summed E-state index contributed by atoms with van der Waals surface area (Å²) < 4.78 is 26.5. The highest BCUT2D eigenvalue weighted by Crippen LogP contribution is 2.31. The Kier molecular flexibility index (Phi) is 6.12. The fourth-order valence-corrected chi connectivity index (χ4v) is 3.25. The molecular formula is C24H22FN3O3. The Morgan fingerprint density at radius 2 is 2.00 bits per heavy atom. The van der Waals surface area contributed by atoms with Gasteiger partial charge < -0.3 is 19.2 Å². The summed E-state index contributed by atoms with van der Waals surface area (Å²) in [6.07, 6.45) is 4.52. The zero-order valence-corrected chi connectivity index (χ0v) is 17.0. The predicted octanol–water partition coefficient (Wildman–Crippen LogP) is 4.63. The minimum atomic E-state index is -0.305. The van der Waals surface area contributed by atoms with Gasteiger partial charge >= 0.3 is 0 Å². The Morgan fingerprint density at radius 3 is 2.81 bits per heavy atom. The third-order valence-electron chi connectivity index (χ3n) is 4.77. The van der Waals surface area contributed by atoms with E-state index in [0.717, 1.165) is 16.9 Å². The van der Waals surface area contributed by atoms with Crippen molar-refractivity contribution in [1.82, 2.24) is 9.38 Å². The van der Waals surface area contributed by atoms with Gasteiger partial charge in [0.2, 0.25) is 5.91 Å². The Labute approximate surface area is 179 Å². The van der Waals surface area contributed by atoms with Crippen LogP contribution in [0.2, 0.25) is 0 Å². The van der Waals surface area contributed by atoms with E-state index in [1.807, 2.05) is 35.0 Å². The van der Waals surface area contributed by atoms with Crippen molar-refractivity contribution in [3.05, 3.63) is 90.1 Å². The van der Waals surface area contributed by atoms with Crippen LogP contribution in [-0.2, 0) is 17.8 Å². The van der Waals surface area contributed by atoms with Crippen LogP contribution in [0.25, 0.3) is 5.65 Å². The van der Waals surface area contributed by atoms with E-state index in [-0.39, 0.29) is 24.8 Å². The molecule has 2 heterocycles. The lowest BCUT2D eigenvalue weighted by Gasteiger charge is -2.12. The van der Waals surface area contributed by atoms with Gasteiger partial charge in [0.05, 0.1) is 12.8 Å². The van der Waals surface area contributed by atoms with Crippen molar-refractivity contribution in [2.24, 2.45) is 0 Å². The van der Waals surface area contributed by atoms with Crippen LogP contribution in [0.15, 0.2) is 73.1 Å². The Bertz CT molecular complexity index is 1170. The number of methoxy groups -OCH3 is 1. The van der Waals surface area contributed by atoms with Crippen LogP contribution >= 0.6 is 0 Å². The van der Waals surface area contributed by atoms with E-state index in [1.54, 1.807) is 37.4 Å². The summed E-state index contributed by atoms with van der Waals surface area (Å²) >= 11 is 0. The van der Waals surface area contributed by atoms with Gasteiger partial charge in [-0.05, 0) is 48.4 Å². The normalized spacial score (nSPS) is 10.8. The van der Waals surface area contributed by atoms with Crippen LogP contribution in [0.5, 0.6) is 11.5 Å². The number of pyridine rings is 1. The number of anilines is 1. The van der Waals surface area contributed by atoms with E-state index in [1.165, 1.54) is 12.1 Å². The zero-order chi connectivity index (χ0) is 21.6. The zero-order valence-electron chi connectivity index (χ0n) is 17.0. The minimum absolute atomic E-state index is 0.166. The lowest BCUT2D eigenvalue weighted by atomic mass is 10.1. The monoisotopic (exact) mass is 419 g/mol. The number of amides is 1. The summed E-state index contributed by atoms with van der Waals surface area (Å²) in [7, 11) is 1.56. The summed E-state index contributed by atoms with van der Waals surface area (Å²) in [6.45, 7) is 0.259. The average molecular weight is 419 g/mol. The highest BCUT2D eigenvalue weighted by atomic mass is 19.1. The molecule has 0 radical (unpaired) electrons. The average Bonchev–Trinajstić information content (AvgIpc) is 3.19. The molecule has 4 aromatic rings. The number of imidazole rings is 1. The molecule has 31 heavy (non-hydrogen) atoms. The second-order valence-corrected chi connectivity index (χ2v) is 7.03. The maximum absolute atomic E-state index is 13.3. The number of benzene rings is 2. The van der Waals surface area contributed by atoms with Crippen LogP contribution in [0.1, 0.15) is 17.7 Å². The SMILES string of the molecule is COc1ccc(NC(=O)CCc2cccc(F)c2)cc1OCc1cn2ccccc2n1. The molecule has 158 valence electrons. The second-order valence-electron chi connectivity index (χ2n) is 7.03. The van der Waals surface area contributed by atoms with Crippen LogP contribution in [-0.4, -0.2) is 22.4 Å². The molecule has 6 nitrogen and oxygen atoms in total. The first kappa shape index (κ1) is 20.4. The minimum Gasteiger partial charge on any atom is -0.493 e. The molecule has 7 heteroatoms. The van der Waals surface area contributed by atoms with E-state index in [2.05, 4.69) is 10.3 Å². The van der Waals surface area contributed by atoms with E-state index >= 15 is 0 Å². The van der Waals surface area contributed by atoms with Gasteiger partial charge in [-0.3, -0.25) is 4.79 Å². The molecule has 0 aliphatic carbocycles. The predicted molar refractivity (Wildman–Crippen MR) is 116 cm³/mol. The Morgan fingerprint density at radius 1 is 1.10 bits per heavy atom. The first-order valence-corrected chi connectivity index (χ1v) is 9.88. The van der Waals surface area contributed by atoms with Gasteiger partial charge in [-0.1, -0.05) is 18.2 Å². The standard InChI is InChI=1S/C24H22FN3O3/c1-30-21-10-9-19(27-24(29)11-8-17-5-4-6-18(25)13-17)14-22(21)31-16-20-15-28-12-3-2-7-23(28)26-20/h2-7,9-10,12-15H,8,11,16H2,1H3,(H,27,29). The molecule has 0 aliphatic heterocycles. The summed E-state index contributed by atoms with van der Waals surface area (Å²) in [5, 5.41) is 2.85. The molecule has 0 aliphatic rings. The van der Waals surface area contributed by atoms with Crippen LogP contribution < -0.4 is 14.8 Å². The van der Waals surface area contributed by atoms with E-state index in [9.17, 15) is 9.18 Å². The molecule has 0 saturated heterocycles. The molecule has 0 saturated carbocycles. The molecule has 0 fully saturated rings. The molecule has 1 amide bonds. The van der Waals surface area contributed by atoms with Crippen LogP contribution in [0.3, 0.4) is 0 Å². The van der Waals surface area contributed by atoms with Gasteiger partial charge in [0, 0.05) is 30.6 Å². The molecule has 0 unspecified atom stereocenters. The summed E-state index contributed by atoms with van der Waals surface area (Å²) in [6, 6.07) is 17.2. The summed E-state index contributed by atoms with van der Waals surface area (Å²) in [5.41, 5.74) is 2.99. The Hall–Kier alpha value is -3.87. The van der Waals surface area contributed by atoms with Crippen LogP contribution in [0.4, 0.5) is 10.1 Å². The lowest BCUT2D eigenvalue weighted by Crippen LogP contribution is -2.12. The number of hydrogen-bond acceptors (Lipinski definition) is 4. The topological polar surface area (TPSA) is 64.9 Å². The highest BCUT2D eigenvalue weighted by molar-refractivity contribution is 5.91. The second kappa shape index (κ2) is 9.30. The molecular weight excluding hydrogens is 397 g/mol. The maximum atomic E-state index is 13.3. The Balaban J connectivity index is 1.39. The number of aromatic nitrogens is 2. The number of ether oxygens (including phenoxy) is 2. The van der Waals surface area contributed by atoms with Crippen LogP contribution in [0, 0.1) is 5.82 Å². The fraction of sp³-hybridized carbons (Fsp3) is 0.167. The first-order valence-electron chi connectivity index (χ1n) is 9.88. The maximum Gasteiger partial charge on any atom is 0.224 e. The molecule has 0 atom stereocenters. The summed E-state index contributed by atoms with van der Waals surface area (Å²) in [4.78, 5) is 16.8. The smallest absolute Gasteiger partial charge is 0.224 e. The number of aryl methyl sites for hydroxylation is 1. The van der Waals surface area contributed by atoms with Gasteiger partial charge in [-0.2, -0.15) is 0 Å². The number of fused-ring (bicyclic) bond motifs is 1. The largest absolute Gasteiger partial charge is 0.493 e. The van der Waals surface area contributed by atoms with E-state index in [4.69, 9.17) is 9.47 Å². The molecule has 0 bridgehead atoms. The molecule has 2 aromatic carbocycles. The fourth-order valence-electron chi connectivity index (χ4n) is 3.25. The van der Waals surface area contributed by atoms with Crippen molar-refractivity contribution < 1.29 is 18.7 Å². The van der Waals surface area contributed by atoms with Crippen molar-refractivity contribution >= 4 is 17.2 Å². The number of carbonyl (C=O) groups is 1. The van der Waals surface area contributed by atoms with Gasteiger partial charge in [0.25, 0.3) is 0 Å². The lowest BCUT2D eigenvalue weighted by molar-refractivity contribution is -0.116. The van der Waals surface area contributed by atoms with E-state index in [0.29, 0.717) is 23.6 Å². The number of nitrogens with zero attached hydrogens (tertiary/aromatic N) is 2. The number of nitrogens with one attached hydrogen (secondary N) is 1. The van der Waals surface area contributed by atoms with Crippen molar-refractivity contribution in [3.63, 3.8) is 0 Å². The number of hydrogen-bond donors (Lipinski definition) is 1. The van der Waals surface area contributed by atoms with Gasteiger partial charge in [0.15, 0.2) is 11.5 Å².